The first-order valence-electron chi connectivity index (χ1n) is 7.98. The van der Waals surface area contributed by atoms with Crippen LogP contribution in [0.2, 0.25) is 0 Å². The van der Waals surface area contributed by atoms with Crippen LogP contribution in [0.3, 0.4) is 0 Å². The van der Waals surface area contributed by atoms with Gasteiger partial charge in [-0.3, -0.25) is 9.79 Å². The van der Waals surface area contributed by atoms with Crippen LogP contribution in [0.25, 0.3) is 10.9 Å². The number of amidine groups is 1. The monoisotopic (exact) mass is 319 g/mol. The molecule has 0 saturated heterocycles. The lowest BCUT2D eigenvalue weighted by Crippen LogP contribution is -2.30. The molecule has 2 N–H and O–H groups in total. The Morgan fingerprint density at radius 1 is 1.04 bits per heavy atom. The first kappa shape index (κ1) is 14.5. The van der Waals surface area contributed by atoms with Crippen molar-refractivity contribution in [3.63, 3.8) is 0 Å². The minimum absolute atomic E-state index is 0.180. The zero-order valence-electron chi connectivity index (χ0n) is 13.1. The number of H-pyrrole nitrogens is 1. The molecule has 0 unspecified atom stereocenters. The molecule has 0 radical (unpaired) electrons. The fraction of sp³-hybridized carbons (Fsp3) is 0.158. The summed E-state index contributed by atoms with van der Waals surface area (Å²) >= 11 is 0. The molecular formula is C19H17N3O2. The Balaban J connectivity index is 1.64. The predicted molar refractivity (Wildman–Crippen MR) is 95.1 cm³/mol. The molecular weight excluding hydrogens is 302 g/mol. The summed E-state index contributed by atoms with van der Waals surface area (Å²) in [7, 11) is 0. The van der Waals surface area contributed by atoms with Gasteiger partial charge in [0.15, 0.2) is 0 Å². The van der Waals surface area contributed by atoms with Crippen LogP contribution in [0, 0.1) is 0 Å². The van der Waals surface area contributed by atoms with Crippen LogP contribution in [0.5, 0.6) is 11.5 Å². The van der Waals surface area contributed by atoms with Gasteiger partial charge in [-0.15, -0.1) is 0 Å². The number of pyridine rings is 1. The van der Waals surface area contributed by atoms with E-state index < -0.39 is 0 Å². The van der Waals surface area contributed by atoms with E-state index >= 15 is 0 Å². The van der Waals surface area contributed by atoms with E-state index in [-0.39, 0.29) is 5.56 Å². The van der Waals surface area contributed by atoms with Crippen molar-refractivity contribution < 1.29 is 4.74 Å². The van der Waals surface area contributed by atoms with Crippen LogP contribution < -0.4 is 15.6 Å². The van der Waals surface area contributed by atoms with E-state index in [1.54, 1.807) is 0 Å². The summed E-state index contributed by atoms with van der Waals surface area (Å²) in [5, 5.41) is 4.17. The van der Waals surface area contributed by atoms with Gasteiger partial charge in [0.05, 0.1) is 5.52 Å². The van der Waals surface area contributed by atoms with Crippen LogP contribution in [-0.4, -0.2) is 23.9 Å². The van der Waals surface area contributed by atoms with Gasteiger partial charge in [0, 0.05) is 30.1 Å². The number of aromatic nitrogens is 1. The van der Waals surface area contributed by atoms with Gasteiger partial charge in [-0.05, 0) is 42.8 Å². The second kappa shape index (κ2) is 6.20. The number of aromatic amines is 1. The molecule has 5 heteroatoms. The van der Waals surface area contributed by atoms with Crippen molar-refractivity contribution in [1.82, 2.24) is 10.3 Å². The highest BCUT2D eigenvalue weighted by atomic mass is 16.5. The lowest BCUT2D eigenvalue weighted by molar-refractivity contribution is 0.487. The minimum atomic E-state index is -0.180. The second-order valence-electron chi connectivity index (χ2n) is 5.68. The number of aliphatic imine (C=N–C) groups is 1. The second-order valence-corrected chi connectivity index (χ2v) is 5.68. The van der Waals surface area contributed by atoms with Gasteiger partial charge in [0.1, 0.15) is 17.3 Å². The maximum absolute atomic E-state index is 11.8. The van der Waals surface area contributed by atoms with Crippen LogP contribution >= 0.6 is 0 Å². The number of rotatable bonds is 3. The molecule has 2 aromatic carbocycles. The van der Waals surface area contributed by atoms with Crippen molar-refractivity contribution >= 4 is 16.7 Å². The summed E-state index contributed by atoms with van der Waals surface area (Å²) in [6.07, 6.45) is 1.07. The number of hydrogen-bond donors (Lipinski definition) is 2. The highest BCUT2D eigenvalue weighted by molar-refractivity contribution is 5.99. The Morgan fingerprint density at radius 3 is 2.67 bits per heavy atom. The summed E-state index contributed by atoms with van der Waals surface area (Å²) in [6, 6.07) is 16.8. The molecule has 5 nitrogen and oxygen atoms in total. The molecule has 4 rings (SSSR count). The van der Waals surface area contributed by atoms with E-state index in [2.05, 4.69) is 15.3 Å². The van der Waals surface area contributed by atoms with E-state index in [9.17, 15) is 4.79 Å². The van der Waals surface area contributed by atoms with E-state index in [1.165, 1.54) is 6.07 Å². The topological polar surface area (TPSA) is 66.5 Å². The van der Waals surface area contributed by atoms with Gasteiger partial charge in [0.2, 0.25) is 0 Å². The average Bonchev–Trinajstić information content (AvgIpc) is 2.63. The van der Waals surface area contributed by atoms with Gasteiger partial charge in [-0.1, -0.05) is 12.1 Å². The third-order valence-electron chi connectivity index (χ3n) is 3.97. The van der Waals surface area contributed by atoms with Gasteiger partial charge in [-0.25, -0.2) is 0 Å². The van der Waals surface area contributed by atoms with Crippen molar-refractivity contribution in [3.05, 3.63) is 70.5 Å². The summed E-state index contributed by atoms with van der Waals surface area (Å²) in [4.78, 5) is 19.1. The zero-order chi connectivity index (χ0) is 16.4. The molecule has 24 heavy (non-hydrogen) atoms. The number of para-hydroxylation sites is 1. The van der Waals surface area contributed by atoms with Crippen LogP contribution in [0.4, 0.5) is 0 Å². The first-order chi connectivity index (χ1) is 11.8. The number of nitrogens with one attached hydrogen (secondary N) is 2. The Morgan fingerprint density at radius 2 is 1.88 bits per heavy atom. The van der Waals surface area contributed by atoms with Crippen LogP contribution in [0.15, 0.2) is 64.4 Å². The maximum Gasteiger partial charge on any atom is 0.252 e. The van der Waals surface area contributed by atoms with Gasteiger partial charge in [0.25, 0.3) is 5.56 Å². The van der Waals surface area contributed by atoms with Crippen LogP contribution in [0.1, 0.15) is 12.0 Å². The molecule has 0 fully saturated rings. The molecule has 1 aromatic heterocycles. The van der Waals surface area contributed by atoms with Crippen molar-refractivity contribution in [2.24, 2.45) is 4.99 Å². The summed E-state index contributed by atoms with van der Waals surface area (Å²) in [5.74, 6) is 2.16. The SMILES string of the molecule is O=c1cc(Oc2ccc(C3=NCCCN3)cc2)c2ccccc2[nH]1. The molecule has 0 amide bonds. The number of ether oxygens (including phenoxy) is 1. The van der Waals surface area contributed by atoms with Gasteiger partial charge in [-0.2, -0.15) is 0 Å². The molecule has 0 bridgehead atoms. The molecule has 1 aliphatic rings. The fourth-order valence-corrected chi connectivity index (χ4v) is 2.79. The standard InChI is InChI=1S/C19H17N3O2/c23-18-12-17(15-4-1-2-5-16(15)22-18)24-14-8-6-13(7-9-14)19-20-10-3-11-21-19/h1-2,4-9,12H,3,10-11H2,(H,20,21)(H,22,23). The van der Waals surface area contributed by atoms with Gasteiger partial charge >= 0.3 is 0 Å². The van der Waals surface area contributed by atoms with Crippen molar-refractivity contribution in [1.29, 1.82) is 0 Å². The predicted octanol–water partition coefficient (Wildman–Crippen LogP) is 3.06. The van der Waals surface area contributed by atoms with Crippen molar-refractivity contribution in [2.45, 2.75) is 6.42 Å². The molecule has 2 heterocycles. The quantitative estimate of drug-likeness (QED) is 0.780. The molecule has 1 aliphatic heterocycles. The Hall–Kier alpha value is -3.08. The molecule has 3 aromatic rings. The summed E-state index contributed by atoms with van der Waals surface area (Å²) < 4.78 is 5.93. The summed E-state index contributed by atoms with van der Waals surface area (Å²) in [6.45, 7) is 1.81. The fourth-order valence-electron chi connectivity index (χ4n) is 2.79. The van der Waals surface area contributed by atoms with E-state index in [0.29, 0.717) is 11.5 Å². The van der Waals surface area contributed by atoms with E-state index in [4.69, 9.17) is 4.74 Å². The number of fused-ring (bicyclic) bond motifs is 1. The Labute approximate surface area is 139 Å². The van der Waals surface area contributed by atoms with Crippen LogP contribution in [-0.2, 0) is 0 Å². The third kappa shape index (κ3) is 2.88. The molecule has 0 aliphatic carbocycles. The molecule has 0 saturated carbocycles. The molecule has 0 atom stereocenters. The average molecular weight is 319 g/mol. The number of hydrogen-bond acceptors (Lipinski definition) is 4. The molecule has 0 spiro atoms. The van der Waals surface area contributed by atoms with E-state index in [0.717, 1.165) is 41.8 Å². The Kier molecular flexibility index (Phi) is 3.75. The van der Waals surface area contributed by atoms with Gasteiger partial charge < -0.3 is 15.0 Å². The maximum atomic E-state index is 11.8. The smallest absolute Gasteiger partial charge is 0.252 e. The highest BCUT2D eigenvalue weighted by Gasteiger charge is 2.09. The third-order valence-corrected chi connectivity index (χ3v) is 3.97. The normalized spacial score (nSPS) is 14.1. The molecule has 120 valence electrons. The first-order valence-corrected chi connectivity index (χ1v) is 7.98. The minimum Gasteiger partial charge on any atom is -0.456 e. The number of nitrogens with zero attached hydrogens (tertiary/aromatic N) is 1. The van der Waals surface area contributed by atoms with Crippen molar-refractivity contribution in [3.8, 4) is 11.5 Å². The van der Waals surface area contributed by atoms with Crippen molar-refractivity contribution in [2.75, 3.05) is 13.1 Å². The lowest BCUT2D eigenvalue weighted by atomic mass is 10.1. The van der Waals surface area contributed by atoms with E-state index in [1.807, 2.05) is 48.5 Å². The lowest BCUT2D eigenvalue weighted by Gasteiger charge is -2.15. The Bertz CT molecular complexity index is 958. The number of benzene rings is 2. The zero-order valence-corrected chi connectivity index (χ0v) is 13.1. The highest BCUT2D eigenvalue weighted by Crippen LogP contribution is 2.27. The largest absolute Gasteiger partial charge is 0.456 e. The summed E-state index contributed by atoms with van der Waals surface area (Å²) in [5.41, 5.74) is 1.62.